The number of esters is 1. The molecule has 0 bridgehead atoms. The molecule has 4 nitrogen and oxygen atoms in total. The number of Topliss-reactive ketones (excluding diaryl/α,β-unsaturated/α-hetero) is 1. The first-order valence-corrected chi connectivity index (χ1v) is 11.0. The van der Waals surface area contributed by atoms with Gasteiger partial charge in [0.25, 0.3) is 0 Å². The predicted molar refractivity (Wildman–Crippen MR) is 125 cm³/mol. The van der Waals surface area contributed by atoms with Gasteiger partial charge in [0.15, 0.2) is 5.78 Å². The van der Waals surface area contributed by atoms with Crippen LogP contribution in [-0.2, 0) is 24.1 Å². The quantitative estimate of drug-likeness (QED) is 0.393. The van der Waals surface area contributed by atoms with Gasteiger partial charge in [0, 0.05) is 29.6 Å². The van der Waals surface area contributed by atoms with E-state index in [4.69, 9.17) is 4.74 Å². The van der Waals surface area contributed by atoms with Crippen LogP contribution >= 0.6 is 0 Å². The van der Waals surface area contributed by atoms with Gasteiger partial charge >= 0.3 is 5.97 Å². The lowest BCUT2D eigenvalue weighted by Crippen LogP contribution is -2.14. The van der Waals surface area contributed by atoms with Crippen LogP contribution in [0.3, 0.4) is 0 Å². The molecule has 0 unspecified atom stereocenters. The molecule has 32 heavy (non-hydrogen) atoms. The molecule has 0 N–H and O–H groups in total. The van der Waals surface area contributed by atoms with Crippen molar-refractivity contribution in [1.82, 2.24) is 4.57 Å². The molecule has 0 saturated heterocycles. The van der Waals surface area contributed by atoms with Gasteiger partial charge in [-0.15, -0.1) is 0 Å². The first-order valence-electron chi connectivity index (χ1n) is 11.0. The minimum atomic E-state index is -0.404. The van der Waals surface area contributed by atoms with Gasteiger partial charge in [0.2, 0.25) is 0 Å². The molecule has 3 aromatic carbocycles. The molecule has 0 saturated carbocycles. The molecule has 0 atom stereocenters. The Morgan fingerprint density at radius 2 is 1.66 bits per heavy atom. The molecule has 4 aromatic rings. The Morgan fingerprint density at radius 3 is 2.44 bits per heavy atom. The summed E-state index contributed by atoms with van der Waals surface area (Å²) in [5.74, 6) is -0.290. The van der Waals surface area contributed by atoms with E-state index in [-0.39, 0.29) is 5.78 Å². The second-order valence-corrected chi connectivity index (χ2v) is 8.31. The highest BCUT2D eigenvalue weighted by Gasteiger charge is 2.29. The smallest absolute Gasteiger partial charge is 0.338 e. The molecule has 0 radical (unpaired) electrons. The Labute approximate surface area is 187 Å². The molecule has 0 fully saturated rings. The number of fused-ring (bicyclic) bond motifs is 3. The van der Waals surface area contributed by atoms with E-state index < -0.39 is 5.97 Å². The van der Waals surface area contributed by atoms with E-state index in [0.717, 1.165) is 35.9 Å². The number of nitrogens with zero attached hydrogens (tertiary/aromatic N) is 1. The van der Waals surface area contributed by atoms with E-state index in [2.05, 4.69) is 53.1 Å². The number of carbonyl (C=O) groups is 2. The Morgan fingerprint density at radius 1 is 0.906 bits per heavy atom. The number of hydrogen-bond donors (Lipinski definition) is 0. The van der Waals surface area contributed by atoms with Crippen molar-refractivity contribution in [2.75, 3.05) is 7.11 Å². The van der Waals surface area contributed by atoms with E-state index in [1.807, 2.05) is 18.2 Å². The van der Waals surface area contributed by atoms with Gasteiger partial charge in [0.1, 0.15) is 0 Å². The predicted octanol–water partition coefficient (Wildman–Crippen LogP) is 5.59. The summed E-state index contributed by atoms with van der Waals surface area (Å²) >= 11 is 0. The number of aromatic nitrogens is 1. The van der Waals surface area contributed by atoms with Gasteiger partial charge in [-0.05, 0) is 48.1 Å². The molecule has 5 rings (SSSR count). The lowest BCUT2D eigenvalue weighted by molar-refractivity contribution is 0.0603. The van der Waals surface area contributed by atoms with Crippen molar-refractivity contribution >= 4 is 22.7 Å². The van der Waals surface area contributed by atoms with Gasteiger partial charge in [0.05, 0.1) is 18.2 Å². The van der Waals surface area contributed by atoms with Crippen molar-refractivity contribution in [3.05, 3.63) is 106 Å². The van der Waals surface area contributed by atoms with Crippen LogP contribution in [0.25, 0.3) is 10.9 Å². The molecule has 4 heteroatoms. The second kappa shape index (κ2) is 8.46. The Bertz CT molecular complexity index is 1320. The van der Waals surface area contributed by atoms with Gasteiger partial charge < -0.3 is 9.30 Å². The van der Waals surface area contributed by atoms with Crippen LogP contribution in [0.5, 0.6) is 0 Å². The fraction of sp³-hybridized carbons (Fsp3) is 0.214. The van der Waals surface area contributed by atoms with Crippen LogP contribution < -0.4 is 0 Å². The van der Waals surface area contributed by atoms with Crippen LogP contribution in [0.4, 0.5) is 0 Å². The van der Waals surface area contributed by atoms with Crippen LogP contribution in [0.1, 0.15) is 55.9 Å². The summed E-state index contributed by atoms with van der Waals surface area (Å²) in [6, 6.07) is 24.5. The van der Waals surface area contributed by atoms with Gasteiger partial charge in [-0.1, -0.05) is 60.7 Å². The minimum absolute atomic E-state index is 0.115. The molecule has 0 amide bonds. The van der Waals surface area contributed by atoms with Gasteiger partial charge in [-0.2, -0.15) is 0 Å². The summed E-state index contributed by atoms with van der Waals surface area (Å²) in [4.78, 5) is 25.5. The number of ketones is 1. The largest absolute Gasteiger partial charge is 0.465 e. The standard InChI is InChI=1S/C28H25NO3/c1-32-28(31)22-13-7-14-23-26(22)27-24(15-8-16-25(27)30)29(23)18-21-12-6-5-11-20(21)17-19-9-3-2-4-10-19/h2-7,9-14H,8,15-18H2,1H3. The molecule has 0 spiro atoms. The van der Waals surface area contributed by atoms with E-state index in [0.29, 0.717) is 24.1 Å². The highest BCUT2D eigenvalue weighted by atomic mass is 16.5. The summed E-state index contributed by atoms with van der Waals surface area (Å²) in [7, 11) is 1.38. The molecule has 1 aromatic heterocycles. The lowest BCUT2D eigenvalue weighted by Gasteiger charge is -2.17. The molecular weight excluding hydrogens is 398 g/mol. The Kier molecular flexibility index (Phi) is 5.36. The number of hydrogen-bond acceptors (Lipinski definition) is 3. The number of methoxy groups -OCH3 is 1. The first kappa shape index (κ1) is 20.3. The summed E-state index contributed by atoms with van der Waals surface area (Å²) < 4.78 is 7.26. The first-order chi connectivity index (χ1) is 15.7. The zero-order valence-electron chi connectivity index (χ0n) is 18.1. The molecule has 1 heterocycles. The third-order valence-corrected chi connectivity index (χ3v) is 6.38. The van der Waals surface area contributed by atoms with Crippen molar-refractivity contribution in [2.24, 2.45) is 0 Å². The third-order valence-electron chi connectivity index (χ3n) is 6.38. The van der Waals surface area contributed by atoms with Crippen LogP contribution in [0, 0.1) is 0 Å². The SMILES string of the molecule is COC(=O)c1cccc2c1c1c(n2Cc2ccccc2Cc2ccccc2)CCCC1=O. The monoisotopic (exact) mass is 423 g/mol. The molecule has 1 aliphatic rings. The summed E-state index contributed by atoms with van der Waals surface area (Å²) in [5.41, 5.74) is 6.87. The summed E-state index contributed by atoms with van der Waals surface area (Å²) in [6.07, 6.45) is 3.04. The van der Waals surface area contributed by atoms with Crippen LogP contribution in [0.2, 0.25) is 0 Å². The van der Waals surface area contributed by atoms with E-state index in [1.165, 1.54) is 23.8 Å². The highest BCUT2D eigenvalue weighted by molar-refractivity contribution is 6.16. The Hall–Kier alpha value is -3.66. The Balaban J connectivity index is 1.65. The van der Waals surface area contributed by atoms with Crippen molar-refractivity contribution in [2.45, 2.75) is 32.2 Å². The van der Waals surface area contributed by atoms with Crippen LogP contribution in [0.15, 0.2) is 72.8 Å². The van der Waals surface area contributed by atoms with Crippen LogP contribution in [-0.4, -0.2) is 23.4 Å². The fourth-order valence-corrected chi connectivity index (χ4v) is 4.89. The zero-order valence-corrected chi connectivity index (χ0v) is 18.1. The third kappa shape index (κ3) is 3.52. The maximum absolute atomic E-state index is 13.0. The topological polar surface area (TPSA) is 48.3 Å². The van der Waals surface area contributed by atoms with E-state index in [9.17, 15) is 9.59 Å². The average Bonchev–Trinajstić information content (AvgIpc) is 3.15. The molecule has 160 valence electrons. The number of benzene rings is 3. The van der Waals surface area contributed by atoms with Crippen molar-refractivity contribution in [3.63, 3.8) is 0 Å². The van der Waals surface area contributed by atoms with E-state index in [1.54, 1.807) is 6.07 Å². The number of carbonyl (C=O) groups excluding carboxylic acids is 2. The lowest BCUT2D eigenvalue weighted by atomic mass is 9.92. The van der Waals surface area contributed by atoms with Gasteiger partial charge in [-0.3, -0.25) is 4.79 Å². The number of rotatable bonds is 5. The molecular formula is C28H25NO3. The van der Waals surface area contributed by atoms with Gasteiger partial charge in [-0.25, -0.2) is 4.79 Å². The summed E-state index contributed by atoms with van der Waals surface area (Å²) in [5, 5.41) is 0.736. The molecule has 1 aliphatic carbocycles. The maximum Gasteiger partial charge on any atom is 0.338 e. The fourth-order valence-electron chi connectivity index (χ4n) is 4.89. The van der Waals surface area contributed by atoms with Crippen molar-refractivity contribution in [1.29, 1.82) is 0 Å². The zero-order chi connectivity index (χ0) is 22.1. The minimum Gasteiger partial charge on any atom is -0.465 e. The average molecular weight is 424 g/mol. The summed E-state index contributed by atoms with van der Waals surface area (Å²) in [6.45, 7) is 0.659. The normalized spacial score (nSPS) is 13.2. The van der Waals surface area contributed by atoms with Crippen molar-refractivity contribution < 1.29 is 14.3 Å². The second-order valence-electron chi connectivity index (χ2n) is 8.31. The molecule has 0 aliphatic heterocycles. The highest BCUT2D eigenvalue weighted by Crippen LogP contribution is 2.35. The van der Waals surface area contributed by atoms with Crippen molar-refractivity contribution in [3.8, 4) is 0 Å². The maximum atomic E-state index is 13.0. The van der Waals surface area contributed by atoms with E-state index >= 15 is 0 Å². The number of ether oxygens (including phenoxy) is 1.